The van der Waals surface area contributed by atoms with E-state index >= 15 is 0 Å². The summed E-state index contributed by atoms with van der Waals surface area (Å²) in [4.78, 5) is 10.2. The van der Waals surface area contributed by atoms with Gasteiger partial charge in [-0.2, -0.15) is 13.2 Å². The number of carbonyl (C=O) groups is 1. The first-order chi connectivity index (χ1) is 10.6. The molecular formula is C14H14F3NO4S. The van der Waals surface area contributed by atoms with Crippen LogP contribution in [0.1, 0.15) is 28.8 Å². The van der Waals surface area contributed by atoms with Crippen LogP contribution in [-0.2, 0) is 16.2 Å². The number of hydrogen-bond donors (Lipinski definition) is 2. The van der Waals surface area contributed by atoms with E-state index in [0.29, 0.717) is 18.1 Å². The second-order valence-electron chi connectivity index (χ2n) is 5.13. The highest BCUT2D eigenvalue weighted by atomic mass is 32.2. The van der Waals surface area contributed by atoms with Crippen molar-refractivity contribution in [2.75, 3.05) is 6.54 Å². The molecular weight excluding hydrogens is 335 g/mol. The number of sulfonamides is 1. The number of hydrogen-bond acceptors (Lipinski definition) is 3. The summed E-state index contributed by atoms with van der Waals surface area (Å²) in [6.45, 7) is -0.0408. The Labute approximate surface area is 130 Å². The summed E-state index contributed by atoms with van der Waals surface area (Å²) in [5, 5.41) is 8.78. The van der Waals surface area contributed by atoms with Crippen LogP contribution in [-0.4, -0.2) is 26.0 Å². The second kappa shape index (κ2) is 6.32. The topological polar surface area (TPSA) is 83.5 Å². The number of alkyl halides is 3. The third kappa shape index (κ3) is 4.55. The number of rotatable bonds is 6. The van der Waals surface area contributed by atoms with Crippen LogP contribution in [0.5, 0.6) is 0 Å². The van der Waals surface area contributed by atoms with Gasteiger partial charge in [-0.3, -0.25) is 0 Å². The molecule has 5 nitrogen and oxygen atoms in total. The molecule has 0 saturated heterocycles. The lowest BCUT2D eigenvalue weighted by atomic mass is 10.1. The summed E-state index contributed by atoms with van der Waals surface area (Å²) < 4.78 is 64.8. The van der Waals surface area contributed by atoms with E-state index in [4.69, 9.17) is 5.11 Å². The molecule has 23 heavy (non-hydrogen) atoms. The number of halogens is 3. The molecule has 0 heterocycles. The van der Waals surface area contributed by atoms with E-state index in [1.165, 1.54) is 0 Å². The van der Waals surface area contributed by atoms with Crippen LogP contribution in [0.4, 0.5) is 13.2 Å². The number of carboxylic acids is 1. The molecule has 1 saturated carbocycles. The summed E-state index contributed by atoms with van der Waals surface area (Å²) in [7, 11) is -4.16. The van der Waals surface area contributed by atoms with Gasteiger partial charge in [-0.25, -0.2) is 17.9 Å². The van der Waals surface area contributed by atoms with E-state index in [2.05, 4.69) is 4.72 Å². The lowest BCUT2D eigenvalue weighted by molar-refractivity contribution is -0.138. The molecule has 1 aliphatic rings. The molecule has 0 amide bonds. The Hall–Kier alpha value is -1.87. The highest BCUT2D eigenvalue weighted by Crippen LogP contribution is 2.33. The molecule has 0 aliphatic heterocycles. The van der Waals surface area contributed by atoms with E-state index in [-0.39, 0.29) is 6.54 Å². The van der Waals surface area contributed by atoms with Gasteiger partial charge in [0.25, 0.3) is 0 Å². The van der Waals surface area contributed by atoms with Crippen LogP contribution < -0.4 is 4.72 Å². The van der Waals surface area contributed by atoms with Gasteiger partial charge in [0.2, 0.25) is 10.0 Å². The summed E-state index contributed by atoms with van der Waals surface area (Å²) in [5.41, 5.74) is -2.49. The Balaban J connectivity index is 2.25. The first-order valence-corrected chi connectivity index (χ1v) is 8.20. The normalized spacial score (nSPS) is 16.0. The molecule has 1 aliphatic carbocycles. The van der Waals surface area contributed by atoms with Crippen LogP contribution >= 0.6 is 0 Å². The molecule has 0 spiro atoms. The molecule has 2 rings (SSSR count). The molecule has 0 atom stereocenters. The predicted octanol–water partition coefficient (Wildman–Crippen LogP) is 2.65. The predicted molar refractivity (Wildman–Crippen MR) is 75.5 cm³/mol. The Bertz CT molecular complexity index is 737. The van der Waals surface area contributed by atoms with Gasteiger partial charge < -0.3 is 5.11 Å². The third-order valence-electron chi connectivity index (χ3n) is 3.26. The van der Waals surface area contributed by atoms with Crippen molar-refractivity contribution in [2.45, 2.75) is 23.9 Å². The maximum Gasteiger partial charge on any atom is 0.417 e. The van der Waals surface area contributed by atoms with Crippen LogP contribution in [0.3, 0.4) is 0 Å². The van der Waals surface area contributed by atoms with Gasteiger partial charge >= 0.3 is 12.1 Å². The average molecular weight is 349 g/mol. The smallest absolute Gasteiger partial charge is 0.417 e. The standard InChI is InChI=1S/C14H14F3NO4S/c15-14(16,17)12-8-10(5-6-11(12)13(19)20)23(21,22)18-7-1-2-9-3-4-9/h1-2,5-6,8-9,18H,3-4,7H2,(H,19,20)/b2-1+. The molecule has 1 aromatic rings. The molecule has 1 fully saturated rings. The van der Waals surface area contributed by atoms with Gasteiger partial charge in [0.1, 0.15) is 0 Å². The molecule has 1 aromatic carbocycles. The Morgan fingerprint density at radius 3 is 2.52 bits per heavy atom. The van der Waals surface area contributed by atoms with E-state index < -0.39 is 38.2 Å². The molecule has 0 unspecified atom stereocenters. The van der Waals surface area contributed by atoms with Crippen molar-refractivity contribution in [2.24, 2.45) is 5.92 Å². The molecule has 0 radical (unpaired) electrons. The van der Waals surface area contributed by atoms with E-state index in [1.807, 2.05) is 6.08 Å². The van der Waals surface area contributed by atoms with Crippen LogP contribution in [0, 0.1) is 5.92 Å². The minimum atomic E-state index is -4.97. The summed E-state index contributed by atoms with van der Waals surface area (Å²) in [6.07, 6.45) is 0.581. The average Bonchev–Trinajstić information content (AvgIpc) is 3.26. The van der Waals surface area contributed by atoms with Crippen LogP contribution in [0.15, 0.2) is 35.2 Å². The Morgan fingerprint density at radius 1 is 1.35 bits per heavy atom. The molecule has 9 heteroatoms. The number of carboxylic acid groups (broad SMARTS) is 1. The summed E-state index contributed by atoms with van der Waals surface area (Å²) in [6, 6.07) is 1.81. The first-order valence-electron chi connectivity index (χ1n) is 6.72. The Morgan fingerprint density at radius 2 is 2.00 bits per heavy atom. The SMILES string of the molecule is O=C(O)c1ccc(S(=O)(=O)NC/C=C/C2CC2)cc1C(F)(F)F. The van der Waals surface area contributed by atoms with Crippen molar-refractivity contribution >= 4 is 16.0 Å². The van der Waals surface area contributed by atoms with Crippen molar-refractivity contribution < 1.29 is 31.5 Å². The maximum absolute atomic E-state index is 12.9. The zero-order chi connectivity index (χ0) is 17.3. The van der Waals surface area contributed by atoms with Gasteiger partial charge in [-0.15, -0.1) is 0 Å². The van der Waals surface area contributed by atoms with Gasteiger partial charge in [-0.05, 0) is 37.0 Å². The number of aromatic carboxylic acids is 1. The van der Waals surface area contributed by atoms with Crippen molar-refractivity contribution in [1.29, 1.82) is 0 Å². The number of benzene rings is 1. The zero-order valence-electron chi connectivity index (χ0n) is 11.8. The van der Waals surface area contributed by atoms with E-state index in [9.17, 15) is 26.4 Å². The highest BCUT2D eigenvalue weighted by Gasteiger charge is 2.36. The lowest BCUT2D eigenvalue weighted by Crippen LogP contribution is -2.25. The molecule has 0 bridgehead atoms. The third-order valence-corrected chi connectivity index (χ3v) is 4.68. The van der Waals surface area contributed by atoms with Crippen molar-refractivity contribution in [3.63, 3.8) is 0 Å². The fourth-order valence-electron chi connectivity index (χ4n) is 1.90. The second-order valence-corrected chi connectivity index (χ2v) is 6.89. The van der Waals surface area contributed by atoms with Crippen LogP contribution in [0.2, 0.25) is 0 Å². The quantitative estimate of drug-likeness (QED) is 0.774. The molecule has 126 valence electrons. The maximum atomic E-state index is 12.9. The van der Waals surface area contributed by atoms with Gasteiger partial charge in [0, 0.05) is 6.54 Å². The van der Waals surface area contributed by atoms with Crippen molar-refractivity contribution in [3.05, 3.63) is 41.5 Å². The fourth-order valence-corrected chi connectivity index (χ4v) is 2.90. The van der Waals surface area contributed by atoms with Crippen molar-refractivity contribution in [3.8, 4) is 0 Å². The van der Waals surface area contributed by atoms with Crippen molar-refractivity contribution in [1.82, 2.24) is 4.72 Å². The number of nitrogens with one attached hydrogen (secondary N) is 1. The molecule has 0 aromatic heterocycles. The lowest BCUT2D eigenvalue weighted by Gasteiger charge is -2.12. The van der Waals surface area contributed by atoms with E-state index in [1.54, 1.807) is 6.08 Å². The summed E-state index contributed by atoms with van der Waals surface area (Å²) >= 11 is 0. The highest BCUT2D eigenvalue weighted by molar-refractivity contribution is 7.89. The van der Waals surface area contributed by atoms with Gasteiger partial charge in [0.05, 0.1) is 16.0 Å². The zero-order valence-corrected chi connectivity index (χ0v) is 12.6. The van der Waals surface area contributed by atoms with E-state index in [0.717, 1.165) is 18.9 Å². The monoisotopic (exact) mass is 349 g/mol. The first kappa shape index (κ1) is 17.5. The fraction of sp³-hybridized carbons (Fsp3) is 0.357. The largest absolute Gasteiger partial charge is 0.478 e. The minimum Gasteiger partial charge on any atom is -0.478 e. The summed E-state index contributed by atoms with van der Waals surface area (Å²) in [5.74, 6) is -1.33. The minimum absolute atomic E-state index is 0.0408. The van der Waals surface area contributed by atoms with Gasteiger partial charge in [0.15, 0.2) is 0 Å². The number of allylic oxidation sites excluding steroid dienone is 1. The molecule has 2 N–H and O–H groups in total. The van der Waals surface area contributed by atoms with Gasteiger partial charge in [-0.1, -0.05) is 12.2 Å². The Kier molecular flexibility index (Phi) is 4.81. The van der Waals surface area contributed by atoms with Crippen LogP contribution in [0.25, 0.3) is 0 Å².